The molecule has 0 fully saturated rings. The van der Waals surface area contributed by atoms with Crippen molar-refractivity contribution in [1.29, 1.82) is 0 Å². The fourth-order valence-electron chi connectivity index (χ4n) is 9.09. The molecule has 274 valence electrons. The zero-order valence-electron chi connectivity index (χ0n) is 32.0. The van der Waals surface area contributed by atoms with Crippen molar-refractivity contribution in [2.75, 3.05) is 0 Å². The smallest absolute Gasteiger partial charge is 0.0788 e. The lowest BCUT2D eigenvalue weighted by molar-refractivity contribution is 1.18. The number of fused-ring (bicyclic) bond motifs is 9. The Morgan fingerprint density at radius 1 is 0.305 bits per heavy atom. The molecular formula is C56H35N3. The Balaban J connectivity index is 1.03. The minimum Gasteiger partial charge on any atom is -0.309 e. The first kappa shape index (κ1) is 33.3. The highest BCUT2D eigenvalue weighted by Gasteiger charge is 2.20. The van der Waals surface area contributed by atoms with Crippen LogP contribution in [0.15, 0.2) is 212 Å². The van der Waals surface area contributed by atoms with Gasteiger partial charge in [-0.1, -0.05) is 158 Å². The van der Waals surface area contributed by atoms with Crippen molar-refractivity contribution in [3.8, 4) is 50.6 Å². The van der Waals surface area contributed by atoms with E-state index < -0.39 is 0 Å². The molecule has 0 saturated carbocycles. The number of para-hydroxylation sites is 3. The van der Waals surface area contributed by atoms with Crippen molar-refractivity contribution in [2.24, 2.45) is 0 Å². The van der Waals surface area contributed by atoms with E-state index in [0.717, 1.165) is 66.9 Å². The third-order valence-corrected chi connectivity index (χ3v) is 11.9. The molecular weight excluding hydrogens is 715 g/mol. The lowest BCUT2D eigenvalue weighted by Gasteiger charge is -2.14. The minimum absolute atomic E-state index is 0.928. The molecule has 0 saturated heterocycles. The normalized spacial score (nSPS) is 11.7. The summed E-state index contributed by atoms with van der Waals surface area (Å²) in [5.41, 5.74) is 12.9. The van der Waals surface area contributed by atoms with Gasteiger partial charge in [-0.05, 0) is 87.3 Å². The van der Waals surface area contributed by atoms with Crippen molar-refractivity contribution in [2.45, 2.75) is 0 Å². The first-order valence-corrected chi connectivity index (χ1v) is 20.1. The average molecular weight is 750 g/mol. The summed E-state index contributed by atoms with van der Waals surface area (Å²) in [6.45, 7) is 0. The van der Waals surface area contributed by atoms with Gasteiger partial charge in [0.05, 0.1) is 33.6 Å². The average Bonchev–Trinajstić information content (AvgIpc) is 3.65. The van der Waals surface area contributed by atoms with Crippen molar-refractivity contribution < 1.29 is 0 Å². The van der Waals surface area contributed by atoms with Crippen molar-refractivity contribution in [3.63, 3.8) is 0 Å². The minimum atomic E-state index is 0.928. The molecule has 59 heavy (non-hydrogen) atoms. The van der Waals surface area contributed by atoms with E-state index in [0.29, 0.717) is 0 Å². The number of hydrogen-bond acceptors (Lipinski definition) is 2. The fourth-order valence-corrected chi connectivity index (χ4v) is 9.09. The Bertz CT molecular complexity index is 3500. The molecule has 0 aliphatic rings. The van der Waals surface area contributed by atoms with E-state index >= 15 is 0 Å². The van der Waals surface area contributed by atoms with Crippen molar-refractivity contribution >= 4 is 65.0 Å². The molecule has 0 N–H and O–H groups in total. The van der Waals surface area contributed by atoms with Gasteiger partial charge in [0.1, 0.15) is 0 Å². The van der Waals surface area contributed by atoms with Gasteiger partial charge < -0.3 is 4.57 Å². The van der Waals surface area contributed by atoms with Crippen LogP contribution in [0.5, 0.6) is 0 Å². The number of hydrogen-bond donors (Lipinski definition) is 0. The number of aromatic nitrogens is 3. The molecule has 0 atom stereocenters. The third-order valence-electron chi connectivity index (χ3n) is 11.9. The molecule has 0 amide bonds. The Morgan fingerprint density at radius 2 is 0.881 bits per heavy atom. The van der Waals surface area contributed by atoms with Gasteiger partial charge in [-0.15, -0.1) is 0 Å². The van der Waals surface area contributed by atoms with Crippen LogP contribution >= 0.6 is 0 Å². The van der Waals surface area contributed by atoms with Crippen molar-refractivity contribution in [1.82, 2.24) is 14.5 Å². The SMILES string of the molecule is c1ccc(-n2c3ccccc3c3c4c(ccc32)c(-c2ccc(-c3cc(-c5ccc6ccccc6c5)cc(-c5ccc6ccccc6c5)n3)cc2)nc2ccccc24)cc1. The zero-order chi connectivity index (χ0) is 38.9. The van der Waals surface area contributed by atoms with Crippen LogP contribution in [0.25, 0.3) is 116 Å². The summed E-state index contributed by atoms with van der Waals surface area (Å²) in [6, 6.07) is 76.2. The Morgan fingerprint density at radius 3 is 1.64 bits per heavy atom. The third kappa shape index (κ3) is 5.51. The van der Waals surface area contributed by atoms with E-state index in [1.165, 1.54) is 48.7 Å². The van der Waals surface area contributed by atoms with Gasteiger partial charge in [0.2, 0.25) is 0 Å². The molecule has 12 aromatic rings. The second-order valence-electron chi connectivity index (χ2n) is 15.4. The Labute approximate surface area is 341 Å². The Kier molecular flexibility index (Phi) is 7.54. The lowest BCUT2D eigenvalue weighted by Crippen LogP contribution is -1.94. The van der Waals surface area contributed by atoms with Gasteiger partial charge in [0.15, 0.2) is 0 Å². The van der Waals surface area contributed by atoms with E-state index in [-0.39, 0.29) is 0 Å². The summed E-state index contributed by atoms with van der Waals surface area (Å²) in [5.74, 6) is 0. The van der Waals surface area contributed by atoms with Gasteiger partial charge in [-0.25, -0.2) is 9.97 Å². The van der Waals surface area contributed by atoms with Crippen LogP contribution < -0.4 is 0 Å². The molecule has 0 bridgehead atoms. The highest BCUT2D eigenvalue weighted by atomic mass is 15.0. The van der Waals surface area contributed by atoms with E-state index in [1.54, 1.807) is 0 Å². The zero-order valence-corrected chi connectivity index (χ0v) is 32.0. The summed E-state index contributed by atoms with van der Waals surface area (Å²) in [5, 5.41) is 10.9. The lowest BCUT2D eigenvalue weighted by atomic mass is 9.95. The number of rotatable bonds is 5. The first-order valence-electron chi connectivity index (χ1n) is 20.1. The van der Waals surface area contributed by atoms with Gasteiger partial charge in [0, 0.05) is 49.3 Å². The maximum absolute atomic E-state index is 5.36. The topological polar surface area (TPSA) is 30.7 Å². The van der Waals surface area contributed by atoms with Crippen LogP contribution in [0.4, 0.5) is 0 Å². The van der Waals surface area contributed by atoms with E-state index in [1.807, 2.05) is 0 Å². The monoisotopic (exact) mass is 749 g/mol. The van der Waals surface area contributed by atoms with E-state index in [4.69, 9.17) is 9.97 Å². The summed E-state index contributed by atoms with van der Waals surface area (Å²) >= 11 is 0. The highest BCUT2D eigenvalue weighted by molar-refractivity contribution is 6.29. The van der Waals surface area contributed by atoms with E-state index in [2.05, 4.69) is 217 Å². The summed E-state index contributed by atoms with van der Waals surface area (Å²) < 4.78 is 2.39. The van der Waals surface area contributed by atoms with Gasteiger partial charge in [-0.3, -0.25) is 0 Å². The van der Waals surface area contributed by atoms with Crippen LogP contribution in [-0.4, -0.2) is 14.5 Å². The molecule has 0 radical (unpaired) electrons. The first-order chi connectivity index (χ1) is 29.2. The summed E-state index contributed by atoms with van der Waals surface area (Å²) in [6.07, 6.45) is 0. The van der Waals surface area contributed by atoms with Crippen LogP contribution in [0, 0.1) is 0 Å². The second-order valence-corrected chi connectivity index (χ2v) is 15.4. The molecule has 3 nitrogen and oxygen atoms in total. The fraction of sp³-hybridized carbons (Fsp3) is 0. The maximum Gasteiger partial charge on any atom is 0.0788 e. The second kappa shape index (κ2) is 13.4. The molecule has 12 rings (SSSR count). The van der Waals surface area contributed by atoms with Crippen LogP contribution in [-0.2, 0) is 0 Å². The van der Waals surface area contributed by atoms with Gasteiger partial charge in [0.25, 0.3) is 0 Å². The quantitative estimate of drug-likeness (QED) is 0.164. The molecule has 0 unspecified atom stereocenters. The largest absolute Gasteiger partial charge is 0.309 e. The maximum atomic E-state index is 5.36. The molecule has 0 aliphatic carbocycles. The van der Waals surface area contributed by atoms with E-state index in [9.17, 15) is 0 Å². The highest BCUT2D eigenvalue weighted by Crippen LogP contribution is 2.43. The van der Waals surface area contributed by atoms with Crippen LogP contribution in [0.3, 0.4) is 0 Å². The standard InChI is InChI=1S/C56H35N3/c1-2-16-45(17-3-1)59-52-21-11-9-19-47(52)55-53(59)31-30-48-54(55)46-18-8-10-20-49(46)58-56(48)39-26-24-38(25-27-39)50-34-44(42-28-22-36-12-4-6-14-40(36)32-42)35-51(57-50)43-29-23-37-13-5-7-15-41(37)33-43/h1-35H. The van der Waals surface area contributed by atoms with Crippen LogP contribution in [0.2, 0.25) is 0 Å². The summed E-state index contributed by atoms with van der Waals surface area (Å²) in [7, 11) is 0. The van der Waals surface area contributed by atoms with Crippen molar-refractivity contribution in [3.05, 3.63) is 212 Å². The van der Waals surface area contributed by atoms with Gasteiger partial charge in [-0.2, -0.15) is 0 Å². The molecule has 9 aromatic carbocycles. The van der Waals surface area contributed by atoms with Crippen LogP contribution in [0.1, 0.15) is 0 Å². The number of nitrogens with zero attached hydrogens (tertiary/aromatic N) is 3. The summed E-state index contributed by atoms with van der Waals surface area (Å²) in [4.78, 5) is 10.7. The number of pyridine rings is 2. The molecule has 3 heterocycles. The predicted molar refractivity (Wildman–Crippen MR) is 248 cm³/mol. The molecule has 0 aliphatic heterocycles. The molecule has 3 heteroatoms. The predicted octanol–water partition coefficient (Wildman–Crippen LogP) is 14.9. The number of benzene rings is 9. The molecule has 0 spiro atoms. The van der Waals surface area contributed by atoms with Gasteiger partial charge >= 0.3 is 0 Å². The molecule has 3 aromatic heterocycles. The Hall–Kier alpha value is -7.88.